The number of ether oxygens (including phenoxy) is 1. The van der Waals surface area contributed by atoms with Crippen LogP contribution in [0.3, 0.4) is 0 Å². The van der Waals surface area contributed by atoms with Gasteiger partial charge in [-0.1, -0.05) is 17.4 Å². The van der Waals surface area contributed by atoms with Crippen molar-refractivity contribution in [3.05, 3.63) is 57.2 Å². The lowest BCUT2D eigenvalue weighted by atomic mass is 10.3. The molecule has 0 unspecified atom stereocenters. The Labute approximate surface area is 117 Å². The Morgan fingerprint density at radius 3 is 3.05 bits per heavy atom. The summed E-state index contributed by atoms with van der Waals surface area (Å²) in [6.45, 7) is 1.92. The van der Waals surface area contributed by atoms with E-state index in [1.54, 1.807) is 19.1 Å². The minimum atomic E-state index is -0.361. The van der Waals surface area contributed by atoms with Crippen molar-refractivity contribution < 1.29 is 9.13 Å². The number of halogens is 1. The highest BCUT2D eigenvalue weighted by atomic mass is 32.1. The van der Waals surface area contributed by atoms with Crippen LogP contribution in [0.2, 0.25) is 0 Å². The summed E-state index contributed by atoms with van der Waals surface area (Å²) in [5.41, 5.74) is 0.428. The van der Waals surface area contributed by atoms with Crippen molar-refractivity contribution in [2.45, 2.75) is 13.5 Å². The van der Waals surface area contributed by atoms with E-state index in [-0.39, 0.29) is 18.0 Å². The highest BCUT2D eigenvalue weighted by Gasteiger charge is 2.08. The second kappa shape index (κ2) is 5.01. The largest absolute Gasteiger partial charge is 0.486 e. The molecule has 0 aliphatic heterocycles. The number of benzene rings is 1. The van der Waals surface area contributed by atoms with Gasteiger partial charge in [0.1, 0.15) is 18.2 Å². The molecule has 0 atom stereocenters. The molecule has 3 rings (SSSR count). The number of rotatable bonds is 3. The van der Waals surface area contributed by atoms with Gasteiger partial charge in [0, 0.05) is 17.8 Å². The van der Waals surface area contributed by atoms with Crippen LogP contribution < -0.4 is 10.3 Å². The lowest BCUT2D eigenvalue weighted by Crippen LogP contribution is -2.14. The molecule has 0 aliphatic rings. The molecule has 7 heteroatoms. The molecular weight excluding hydrogens is 281 g/mol. The minimum absolute atomic E-state index is 0.163. The number of fused-ring (bicyclic) bond motifs is 1. The van der Waals surface area contributed by atoms with E-state index in [4.69, 9.17) is 4.74 Å². The fourth-order valence-electron chi connectivity index (χ4n) is 1.72. The van der Waals surface area contributed by atoms with Crippen molar-refractivity contribution in [1.29, 1.82) is 0 Å². The van der Waals surface area contributed by atoms with Gasteiger partial charge in [0.15, 0.2) is 5.01 Å². The lowest BCUT2D eigenvalue weighted by Gasteiger charge is -2.02. The molecule has 0 N–H and O–H groups in total. The summed E-state index contributed by atoms with van der Waals surface area (Å²) in [5, 5.41) is 4.73. The van der Waals surface area contributed by atoms with Crippen LogP contribution in [0.25, 0.3) is 4.96 Å². The molecule has 2 aromatic heterocycles. The standard InChI is InChI=1S/C13H10FN3O2S/c1-8-5-12(18)17-13(15-8)20-11(16-17)7-19-10-4-2-3-9(14)6-10/h2-6H,7H2,1H3. The zero-order chi connectivity index (χ0) is 14.1. The first-order valence-corrected chi connectivity index (χ1v) is 6.68. The van der Waals surface area contributed by atoms with E-state index >= 15 is 0 Å². The molecule has 0 amide bonds. The molecule has 0 aliphatic carbocycles. The van der Waals surface area contributed by atoms with Gasteiger partial charge in [-0.2, -0.15) is 9.61 Å². The van der Waals surface area contributed by atoms with E-state index in [0.29, 0.717) is 21.4 Å². The summed E-state index contributed by atoms with van der Waals surface area (Å²) >= 11 is 1.27. The maximum absolute atomic E-state index is 13.0. The SMILES string of the molecule is Cc1cc(=O)n2nc(COc3cccc(F)c3)sc2n1. The summed E-state index contributed by atoms with van der Waals surface area (Å²) in [5.74, 6) is 0.0565. The predicted molar refractivity (Wildman–Crippen MR) is 72.6 cm³/mol. The van der Waals surface area contributed by atoms with E-state index in [1.807, 2.05) is 0 Å². The van der Waals surface area contributed by atoms with Crippen LogP contribution in [-0.2, 0) is 6.61 Å². The van der Waals surface area contributed by atoms with E-state index in [1.165, 1.54) is 34.1 Å². The Balaban J connectivity index is 1.85. The molecule has 0 fully saturated rings. The van der Waals surface area contributed by atoms with Crippen molar-refractivity contribution >= 4 is 16.3 Å². The average Bonchev–Trinajstić information content (AvgIpc) is 2.80. The highest BCUT2D eigenvalue weighted by Crippen LogP contribution is 2.16. The fourth-order valence-corrected chi connectivity index (χ4v) is 2.58. The van der Waals surface area contributed by atoms with Crippen molar-refractivity contribution in [3.8, 4) is 5.75 Å². The summed E-state index contributed by atoms with van der Waals surface area (Å²) in [7, 11) is 0. The van der Waals surface area contributed by atoms with Gasteiger partial charge in [0.05, 0.1) is 0 Å². The lowest BCUT2D eigenvalue weighted by molar-refractivity contribution is 0.302. The van der Waals surface area contributed by atoms with Gasteiger partial charge < -0.3 is 4.74 Å². The molecule has 0 radical (unpaired) electrons. The molecule has 0 saturated carbocycles. The zero-order valence-corrected chi connectivity index (χ0v) is 11.4. The first-order valence-electron chi connectivity index (χ1n) is 5.86. The normalized spacial score (nSPS) is 10.9. The highest BCUT2D eigenvalue weighted by molar-refractivity contribution is 7.16. The number of aryl methyl sites for hydroxylation is 1. The molecule has 0 bridgehead atoms. The van der Waals surface area contributed by atoms with Gasteiger partial charge in [-0.3, -0.25) is 4.79 Å². The van der Waals surface area contributed by atoms with Gasteiger partial charge in [-0.15, -0.1) is 0 Å². The van der Waals surface area contributed by atoms with Crippen molar-refractivity contribution in [3.63, 3.8) is 0 Å². The third kappa shape index (κ3) is 2.53. The summed E-state index contributed by atoms with van der Waals surface area (Å²) in [4.78, 5) is 16.5. The maximum atomic E-state index is 13.0. The Kier molecular flexibility index (Phi) is 3.19. The molecule has 1 aromatic carbocycles. The molecular formula is C13H10FN3O2S. The number of hydrogen-bond donors (Lipinski definition) is 0. The van der Waals surface area contributed by atoms with Gasteiger partial charge in [0.2, 0.25) is 4.96 Å². The molecule has 102 valence electrons. The van der Waals surface area contributed by atoms with Crippen LogP contribution in [-0.4, -0.2) is 14.6 Å². The maximum Gasteiger partial charge on any atom is 0.275 e. The first kappa shape index (κ1) is 12.7. The van der Waals surface area contributed by atoms with Crippen molar-refractivity contribution in [2.24, 2.45) is 0 Å². The van der Waals surface area contributed by atoms with Crippen LogP contribution in [0.15, 0.2) is 35.1 Å². The minimum Gasteiger partial charge on any atom is -0.486 e. The number of hydrogen-bond acceptors (Lipinski definition) is 5. The molecule has 20 heavy (non-hydrogen) atoms. The average molecular weight is 291 g/mol. The van der Waals surface area contributed by atoms with Gasteiger partial charge >= 0.3 is 0 Å². The van der Waals surface area contributed by atoms with Crippen LogP contribution in [0.1, 0.15) is 10.7 Å². The topological polar surface area (TPSA) is 56.5 Å². The first-order chi connectivity index (χ1) is 9.61. The smallest absolute Gasteiger partial charge is 0.275 e. The molecule has 0 saturated heterocycles. The van der Waals surface area contributed by atoms with Crippen molar-refractivity contribution in [2.75, 3.05) is 0 Å². The van der Waals surface area contributed by atoms with Gasteiger partial charge in [-0.05, 0) is 19.1 Å². The Morgan fingerprint density at radius 1 is 1.40 bits per heavy atom. The Bertz CT molecular complexity index is 828. The van der Waals surface area contributed by atoms with Crippen LogP contribution >= 0.6 is 11.3 Å². The van der Waals surface area contributed by atoms with Crippen LogP contribution in [0.4, 0.5) is 4.39 Å². The quantitative estimate of drug-likeness (QED) is 0.742. The third-order valence-electron chi connectivity index (χ3n) is 2.57. The second-order valence-corrected chi connectivity index (χ2v) is 5.21. The predicted octanol–water partition coefficient (Wildman–Crippen LogP) is 2.18. The summed E-state index contributed by atoms with van der Waals surface area (Å²) in [6.07, 6.45) is 0. The molecule has 5 nitrogen and oxygen atoms in total. The Hall–Kier alpha value is -2.28. The summed E-state index contributed by atoms with van der Waals surface area (Å²) in [6, 6.07) is 7.28. The molecule has 0 spiro atoms. The van der Waals surface area contributed by atoms with E-state index < -0.39 is 0 Å². The second-order valence-electron chi connectivity index (χ2n) is 4.17. The number of aromatic nitrogens is 3. The van der Waals surface area contributed by atoms with Crippen LogP contribution in [0.5, 0.6) is 5.75 Å². The number of nitrogens with zero attached hydrogens (tertiary/aromatic N) is 3. The van der Waals surface area contributed by atoms with E-state index in [2.05, 4.69) is 10.1 Å². The van der Waals surface area contributed by atoms with Gasteiger partial charge in [0.25, 0.3) is 5.56 Å². The Morgan fingerprint density at radius 2 is 2.25 bits per heavy atom. The van der Waals surface area contributed by atoms with E-state index in [0.717, 1.165) is 0 Å². The summed E-state index contributed by atoms with van der Waals surface area (Å²) < 4.78 is 19.7. The third-order valence-corrected chi connectivity index (χ3v) is 3.46. The van der Waals surface area contributed by atoms with E-state index in [9.17, 15) is 9.18 Å². The zero-order valence-electron chi connectivity index (χ0n) is 10.5. The monoisotopic (exact) mass is 291 g/mol. The van der Waals surface area contributed by atoms with Crippen molar-refractivity contribution in [1.82, 2.24) is 14.6 Å². The van der Waals surface area contributed by atoms with Crippen LogP contribution in [0, 0.1) is 12.7 Å². The molecule has 2 heterocycles. The fraction of sp³-hybridized carbons (Fsp3) is 0.154. The van der Waals surface area contributed by atoms with Gasteiger partial charge in [-0.25, -0.2) is 9.37 Å². The molecule has 3 aromatic rings.